The summed E-state index contributed by atoms with van der Waals surface area (Å²) >= 11 is 5.69. The van der Waals surface area contributed by atoms with Crippen molar-refractivity contribution in [3.63, 3.8) is 0 Å². The predicted octanol–water partition coefficient (Wildman–Crippen LogP) is 2.56. The normalized spacial score (nSPS) is 13.6. The van der Waals surface area contributed by atoms with Crippen molar-refractivity contribution in [1.29, 1.82) is 0 Å². The second-order valence-electron chi connectivity index (χ2n) is 4.09. The van der Waals surface area contributed by atoms with Gasteiger partial charge >= 0.3 is 0 Å². The molecule has 1 aromatic carbocycles. The maximum atomic E-state index is 13.0. The number of hydrogen-bond acceptors (Lipinski definition) is 3. The highest BCUT2D eigenvalue weighted by atomic mass is 35.5. The summed E-state index contributed by atoms with van der Waals surface area (Å²) in [6.45, 7) is 3.87. The Morgan fingerprint density at radius 2 is 2.11 bits per heavy atom. The van der Waals surface area contributed by atoms with Crippen molar-refractivity contribution in [1.82, 2.24) is 5.32 Å². The fourth-order valence-corrected chi connectivity index (χ4v) is 2.38. The Bertz CT molecular complexity index is 505. The van der Waals surface area contributed by atoms with Gasteiger partial charge in [0.25, 0.3) is 0 Å². The predicted molar refractivity (Wildman–Crippen MR) is 72.2 cm³/mol. The number of nitrogens with one attached hydrogen (secondary N) is 1. The number of halogens is 2. The number of hydrogen-bond donors (Lipinski definition) is 1. The Morgan fingerprint density at radius 1 is 1.44 bits per heavy atom. The van der Waals surface area contributed by atoms with Crippen LogP contribution in [-0.4, -0.2) is 26.5 Å². The van der Waals surface area contributed by atoms with E-state index in [-0.39, 0.29) is 22.6 Å². The first kappa shape index (κ1) is 15.4. The van der Waals surface area contributed by atoms with E-state index < -0.39 is 15.7 Å². The lowest BCUT2D eigenvalue weighted by atomic mass is 10.1. The maximum absolute atomic E-state index is 13.0. The molecule has 0 aliphatic heterocycles. The molecule has 1 unspecified atom stereocenters. The molecule has 18 heavy (non-hydrogen) atoms. The van der Waals surface area contributed by atoms with E-state index in [0.717, 1.165) is 5.56 Å². The van der Waals surface area contributed by atoms with Gasteiger partial charge in [-0.05, 0) is 24.6 Å². The van der Waals surface area contributed by atoms with Crippen LogP contribution in [0.15, 0.2) is 18.2 Å². The summed E-state index contributed by atoms with van der Waals surface area (Å²) in [6, 6.07) is 4.41. The van der Waals surface area contributed by atoms with E-state index in [2.05, 4.69) is 5.32 Å². The van der Waals surface area contributed by atoms with E-state index >= 15 is 0 Å². The van der Waals surface area contributed by atoms with E-state index in [1.165, 1.54) is 6.07 Å². The molecule has 102 valence electrons. The zero-order valence-electron chi connectivity index (χ0n) is 10.4. The van der Waals surface area contributed by atoms with Gasteiger partial charge in [-0.25, -0.2) is 12.8 Å². The van der Waals surface area contributed by atoms with E-state index in [4.69, 9.17) is 11.6 Å². The summed E-state index contributed by atoms with van der Waals surface area (Å²) in [5, 5.41) is 3.15. The summed E-state index contributed by atoms with van der Waals surface area (Å²) in [4.78, 5) is 0. The van der Waals surface area contributed by atoms with Crippen LogP contribution in [-0.2, 0) is 9.84 Å². The van der Waals surface area contributed by atoms with Crippen molar-refractivity contribution in [2.24, 2.45) is 0 Å². The summed E-state index contributed by atoms with van der Waals surface area (Å²) in [6.07, 6.45) is 0. The molecule has 1 N–H and O–H groups in total. The molecule has 1 rings (SSSR count). The molecular formula is C12H17ClFNO2S. The highest BCUT2D eigenvalue weighted by Gasteiger charge is 2.10. The quantitative estimate of drug-likeness (QED) is 0.877. The average molecular weight is 294 g/mol. The van der Waals surface area contributed by atoms with E-state index in [0.29, 0.717) is 6.54 Å². The summed E-state index contributed by atoms with van der Waals surface area (Å²) < 4.78 is 35.6. The molecule has 3 nitrogen and oxygen atoms in total. The average Bonchev–Trinajstić information content (AvgIpc) is 2.32. The molecule has 0 aliphatic carbocycles. The van der Waals surface area contributed by atoms with Crippen LogP contribution in [0.1, 0.15) is 25.5 Å². The first-order valence-corrected chi connectivity index (χ1v) is 7.94. The van der Waals surface area contributed by atoms with Crippen LogP contribution in [0.2, 0.25) is 5.02 Å². The smallest absolute Gasteiger partial charge is 0.151 e. The van der Waals surface area contributed by atoms with Crippen LogP contribution in [0.25, 0.3) is 0 Å². The standard InChI is InChI=1S/C12H17ClFNO2S/c1-3-18(16,17)7-6-15-9(2)10-4-5-12(14)11(13)8-10/h4-5,8-9,15H,3,6-7H2,1-2H3. The van der Waals surface area contributed by atoms with Gasteiger partial charge in [-0.3, -0.25) is 0 Å². The fourth-order valence-electron chi connectivity index (χ4n) is 1.47. The molecule has 0 saturated heterocycles. The van der Waals surface area contributed by atoms with Crippen LogP contribution in [0.3, 0.4) is 0 Å². The van der Waals surface area contributed by atoms with E-state index in [9.17, 15) is 12.8 Å². The second-order valence-corrected chi connectivity index (χ2v) is 6.97. The van der Waals surface area contributed by atoms with Gasteiger partial charge in [0.2, 0.25) is 0 Å². The van der Waals surface area contributed by atoms with E-state index in [1.807, 2.05) is 6.92 Å². The molecule has 1 aromatic rings. The minimum absolute atomic E-state index is 0.0716. The van der Waals surface area contributed by atoms with Crippen LogP contribution in [0.5, 0.6) is 0 Å². The van der Waals surface area contributed by atoms with Crippen molar-refractivity contribution in [3.05, 3.63) is 34.6 Å². The number of rotatable bonds is 6. The molecule has 6 heteroatoms. The minimum Gasteiger partial charge on any atom is -0.309 e. The SMILES string of the molecule is CCS(=O)(=O)CCNC(C)c1ccc(F)c(Cl)c1. The Balaban J connectivity index is 2.55. The third-order valence-corrected chi connectivity index (χ3v) is 4.74. The van der Waals surface area contributed by atoms with Crippen LogP contribution in [0.4, 0.5) is 4.39 Å². The molecule has 1 atom stereocenters. The van der Waals surface area contributed by atoms with Crippen molar-refractivity contribution in [2.45, 2.75) is 19.9 Å². The summed E-state index contributed by atoms with van der Waals surface area (Å²) in [5.41, 5.74) is 0.829. The van der Waals surface area contributed by atoms with Crippen LogP contribution in [0, 0.1) is 5.82 Å². The van der Waals surface area contributed by atoms with Gasteiger partial charge in [0.1, 0.15) is 5.82 Å². The summed E-state index contributed by atoms with van der Waals surface area (Å²) in [7, 11) is -2.96. The molecule has 0 aliphatic rings. The van der Waals surface area contributed by atoms with Gasteiger partial charge in [-0.1, -0.05) is 24.6 Å². The van der Waals surface area contributed by atoms with Crippen LogP contribution < -0.4 is 5.32 Å². The highest BCUT2D eigenvalue weighted by Crippen LogP contribution is 2.20. The monoisotopic (exact) mass is 293 g/mol. The zero-order chi connectivity index (χ0) is 13.8. The molecule has 0 aromatic heterocycles. The number of sulfone groups is 1. The Kier molecular flexibility index (Phi) is 5.56. The molecule has 0 spiro atoms. The number of benzene rings is 1. The van der Waals surface area contributed by atoms with E-state index in [1.54, 1.807) is 19.1 Å². The fraction of sp³-hybridized carbons (Fsp3) is 0.500. The minimum atomic E-state index is -2.96. The molecule has 0 radical (unpaired) electrons. The Labute approximate surface area is 112 Å². The topological polar surface area (TPSA) is 46.2 Å². The molecule has 0 heterocycles. The zero-order valence-corrected chi connectivity index (χ0v) is 12.0. The first-order valence-electron chi connectivity index (χ1n) is 5.74. The largest absolute Gasteiger partial charge is 0.309 e. The molecule has 0 fully saturated rings. The van der Waals surface area contributed by atoms with Crippen molar-refractivity contribution >= 4 is 21.4 Å². The lowest BCUT2D eigenvalue weighted by Crippen LogP contribution is -2.26. The van der Waals surface area contributed by atoms with Gasteiger partial charge in [0.15, 0.2) is 9.84 Å². The van der Waals surface area contributed by atoms with Crippen molar-refractivity contribution in [3.8, 4) is 0 Å². The van der Waals surface area contributed by atoms with Crippen molar-refractivity contribution in [2.75, 3.05) is 18.1 Å². The second kappa shape index (κ2) is 6.50. The van der Waals surface area contributed by atoms with Gasteiger partial charge in [0.05, 0.1) is 10.8 Å². The highest BCUT2D eigenvalue weighted by molar-refractivity contribution is 7.91. The maximum Gasteiger partial charge on any atom is 0.151 e. The first-order chi connectivity index (χ1) is 8.35. The molecule has 0 amide bonds. The lowest BCUT2D eigenvalue weighted by Gasteiger charge is -2.14. The third-order valence-electron chi connectivity index (χ3n) is 2.75. The van der Waals surface area contributed by atoms with Gasteiger partial charge in [-0.15, -0.1) is 0 Å². The Morgan fingerprint density at radius 3 is 2.67 bits per heavy atom. The Hall–Kier alpha value is -0.650. The molecule has 0 bridgehead atoms. The van der Waals surface area contributed by atoms with Crippen LogP contribution >= 0.6 is 11.6 Å². The molecular weight excluding hydrogens is 277 g/mol. The van der Waals surface area contributed by atoms with Gasteiger partial charge < -0.3 is 5.32 Å². The summed E-state index contributed by atoms with van der Waals surface area (Å²) in [5.74, 6) is -0.213. The van der Waals surface area contributed by atoms with Crippen molar-refractivity contribution < 1.29 is 12.8 Å². The van der Waals surface area contributed by atoms with Gasteiger partial charge in [-0.2, -0.15) is 0 Å². The van der Waals surface area contributed by atoms with Gasteiger partial charge in [0, 0.05) is 18.3 Å². The molecule has 0 saturated carbocycles. The third kappa shape index (κ3) is 4.55. The lowest BCUT2D eigenvalue weighted by molar-refractivity contribution is 0.571.